The molecule has 0 spiro atoms. The third-order valence-electron chi connectivity index (χ3n) is 7.16. The van der Waals surface area contributed by atoms with Gasteiger partial charge in [-0.1, -0.05) is 72.8 Å². The molecule has 0 aliphatic carbocycles. The van der Waals surface area contributed by atoms with Gasteiger partial charge in [0.25, 0.3) is 0 Å². The molecule has 0 atom stereocenters. The zero-order valence-electron chi connectivity index (χ0n) is 21.3. The maximum absolute atomic E-state index is 5.97. The molecule has 3 aromatic heterocycles. The summed E-state index contributed by atoms with van der Waals surface area (Å²) in [5, 5.41) is 2.23. The third-order valence-corrected chi connectivity index (χ3v) is 7.16. The first-order chi connectivity index (χ1) is 19.8. The number of aromatic nitrogens is 3. The van der Waals surface area contributed by atoms with Gasteiger partial charge >= 0.3 is 0 Å². The number of hydrogen-bond donors (Lipinski definition) is 0. The van der Waals surface area contributed by atoms with Crippen molar-refractivity contribution < 1.29 is 8.83 Å². The standard InChI is InChI=1S/C35H21N3O2/c1-2-8-27-26(7-1)21-30(22-13-17-24(18-14-22)34-37-28-9-3-5-11-31(28)39-34)36-33(27)23-15-19-25(20-16-23)35-38-29-10-4-6-12-32(29)40-35/h1-21H. The van der Waals surface area contributed by atoms with Crippen LogP contribution >= 0.6 is 0 Å². The van der Waals surface area contributed by atoms with E-state index in [0.29, 0.717) is 11.8 Å². The van der Waals surface area contributed by atoms with Gasteiger partial charge in [0.2, 0.25) is 11.8 Å². The average molecular weight is 516 g/mol. The van der Waals surface area contributed by atoms with Crippen LogP contribution in [0.5, 0.6) is 0 Å². The summed E-state index contributed by atoms with van der Waals surface area (Å²) in [6, 6.07) is 42.6. The smallest absolute Gasteiger partial charge is 0.227 e. The van der Waals surface area contributed by atoms with Crippen molar-refractivity contribution in [3.05, 3.63) is 127 Å². The Labute approximate surface area is 229 Å². The van der Waals surface area contributed by atoms with Crippen molar-refractivity contribution in [3.63, 3.8) is 0 Å². The quantitative estimate of drug-likeness (QED) is 0.234. The van der Waals surface area contributed by atoms with Crippen LogP contribution in [0.25, 0.3) is 78.4 Å². The molecule has 0 bridgehead atoms. The lowest BCUT2D eigenvalue weighted by molar-refractivity contribution is 0.619. The highest BCUT2D eigenvalue weighted by atomic mass is 16.4. The van der Waals surface area contributed by atoms with E-state index in [1.165, 1.54) is 0 Å². The molecule has 5 aromatic carbocycles. The predicted molar refractivity (Wildman–Crippen MR) is 159 cm³/mol. The molecule has 0 unspecified atom stereocenters. The van der Waals surface area contributed by atoms with Gasteiger partial charge in [-0.3, -0.25) is 0 Å². The van der Waals surface area contributed by atoms with Gasteiger partial charge in [0.15, 0.2) is 11.2 Å². The van der Waals surface area contributed by atoms with Crippen molar-refractivity contribution in [1.82, 2.24) is 15.0 Å². The van der Waals surface area contributed by atoms with Crippen LogP contribution in [0, 0.1) is 0 Å². The molecule has 0 saturated carbocycles. The summed E-state index contributed by atoms with van der Waals surface area (Å²) in [5.74, 6) is 1.22. The van der Waals surface area contributed by atoms with Crippen molar-refractivity contribution in [2.24, 2.45) is 0 Å². The van der Waals surface area contributed by atoms with Crippen LogP contribution in [0.2, 0.25) is 0 Å². The average Bonchev–Trinajstić information content (AvgIpc) is 3.66. The normalized spacial score (nSPS) is 11.5. The number of oxazole rings is 2. The van der Waals surface area contributed by atoms with Crippen LogP contribution in [0.1, 0.15) is 0 Å². The van der Waals surface area contributed by atoms with Gasteiger partial charge in [0.05, 0.1) is 11.4 Å². The van der Waals surface area contributed by atoms with Crippen molar-refractivity contribution in [2.75, 3.05) is 0 Å². The number of benzene rings is 5. The lowest BCUT2D eigenvalue weighted by Crippen LogP contribution is -1.91. The minimum atomic E-state index is 0.610. The van der Waals surface area contributed by atoms with Gasteiger partial charge in [-0.15, -0.1) is 0 Å². The Morgan fingerprint density at radius 3 is 1.52 bits per heavy atom. The molecule has 0 radical (unpaired) electrons. The highest BCUT2D eigenvalue weighted by molar-refractivity contribution is 5.97. The van der Waals surface area contributed by atoms with E-state index in [9.17, 15) is 0 Å². The predicted octanol–water partition coefficient (Wildman–Crippen LogP) is 9.19. The van der Waals surface area contributed by atoms with Gasteiger partial charge in [-0.05, 0) is 60.0 Å². The molecule has 40 heavy (non-hydrogen) atoms. The second-order valence-corrected chi connectivity index (χ2v) is 9.71. The Morgan fingerprint density at radius 2 is 0.925 bits per heavy atom. The van der Waals surface area contributed by atoms with Crippen molar-refractivity contribution in [3.8, 4) is 45.4 Å². The van der Waals surface area contributed by atoms with Crippen LogP contribution in [0.15, 0.2) is 136 Å². The molecule has 3 heterocycles. The number of nitrogens with zero attached hydrogens (tertiary/aromatic N) is 3. The summed E-state index contributed by atoms with van der Waals surface area (Å²) in [7, 11) is 0. The fourth-order valence-corrected chi connectivity index (χ4v) is 5.11. The largest absolute Gasteiger partial charge is 0.436 e. The van der Waals surface area contributed by atoms with Gasteiger partial charge in [-0.25, -0.2) is 15.0 Å². The topological polar surface area (TPSA) is 65.0 Å². The van der Waals surface area contributed by atoms with Crippen molar-refractivity contribution in [1.29, 1.82) is 0 Å². The lowest BCUT2D eigenvalue weighted by atomic mass is 10.00. The Bertz CT molecular complexity index is 2090. The molecule has 0 aliphatic rings. The summed E-state index contributed by atoms with van der Waals surface area (Å²) < 4.78 is 11.9. The molecule has 8 aromatic rings. The minimum Gasteiger partial charge on any atom is -0.436 e. The zero-order valence-corrected chi connectivity index (χ0v) is 21.3. The van der Waals surface area contributed by atoms with Gasteiger partial charge in [-0.2, -0.15) is 0 Å². The summed E-state index contributed by atoms with van der Waals surface area (Å²) >= 11 is 0. The Morgan fingerprint density at radius 1 is 0.425 bits per heavy atom. The monoisotopic (exact) mass is 515 g/mol. The summed E-state index contributed by atoms with van der Waals surface area (Å²) in [6.07, 6.45) is 0. The highest BCUT2D eigenvalue weighted by Gasteiger charge is 2.13. The number of fused-ring (bicyclic) bond motifs is 3. The van der Waals surface area contributed by atoms with Crippen molar-refractivity contribution in [2.45, 2.75) is 0 Å². The van der Waals surface area contributed by atoms with E-state index in [4.69, 9.17) is 13.8 Å². The zero-order chi connectivity index (χ0) is 26.5. The maximum atomic E-state index is 5.97. The van der Waals surface area contributed by atoms with Crippen LogP contribution in [-0.4, -0.2) is 15.0 Å². The summed E-state index contributed by atoms with van der Waals surface area (Å²) in [5.41, 5.74) is 9.00. The molecule has 0 fully saturated rings. The second-order valence-electron chi connectivity index (χ2n) is 9.71. The van der Waals surface area contributed by atoms with E-state index in [-0.39, 0.29) is 0 Å². The molecule has 5 heteroatoms. The first-order valence-electron chi connectivity index (χ1n) is 13.1. The Balaban J connectivity index is 1.17. The summed E-state index contributed by atoms with van der Waals surface area (Å²) in [6.45, 7) is 0. The molecule has 0 amide bonds. The van der Waals surface area contributed by atoms with E-state index in [1.54, 1.807) is 0 Å². The SMILES string of the molecule is c1ccc2c(-c3ccc(-c4nc5ccccc5o4)cc3)nc(-c3ccc(-c4nc5ccccc5o4)cc3)cc2c1. The first kappa shape index (κ1) is 22.4. The van der Waals surface area contributed by atoms with Gasteiger partial charge in [0.1, 0.15) is 11.0 Å². The second kappa shape index (κ2) is 9.03. The molecule has 5 nitrogen and oxygen atoms in total. The van der Waals surface area contributed by atoms with Gasteiger partial charge in [0, 0.05) is 27.6 Å². The molecule has 8 rings (SSSR count). The number of pyridine rings is 1. The fourth-order valence-electron chi connectivity index (χ4n) is 5.11. The molecular formula is C35H21N3O2. The van der Waals surface area contributed by atoms with Crippen LogP contribution in [-0.2, 0) is 0 Å². The maximum Gasteiger partial charge on any atom is 0.227 e. The highest BCUT2D eigenvalue weighted by Crippen LogP contribution is 2.34. The summed E-state index contributed by atoms with van der Waals surface area (Å²) in [4.78, 5) is 14.4. The molecular weight excluding hydrogens is 494 g/mol. The molecule has 0 saturated heterocycles. The molecule has 0 N–H and O–H groups in total. The minimum absolute atomic E-state index is 0.610. The van der Waals surface area contributed by atoms with Crippen LogP contribution in [0.4, 0.5) is 0 Å². The first-order valence-corrected chi connectivity index (χ1v) is 13.1. The van der Waals surface area contributed by atoms with Crippen molar-refractivity contribution >= 4 is 33.0 Å². The lowest BCUT2D eigenvalue weighted by Gasteiger charge is -2.11. The molecule has 0 aliphatic heterocycles. The third kappa shape index (κ3) is 3.84. The van der Waals surface area contributed by atoms with Gasteiger partial charge < -0.3 is 8.83 Å². The number of rotatable bonds is 4. The number of hydrogen-bond acceptors (Lipinski definition) is 5. The van der Waals surface area contributed by atoms with E-state index in [1.807, 2.05) is 72.8 Å². The van der Waals surface area contributed by atoms with Crippen LogP contribution in [0.3, 0.4) is 0 Å². The van der Waals surface area contributed by atoms with Crippen LogP contribution < -0.4 is 0 Å². The Hall–Kier alpha value is -5.55. The van der Waals surface area contributed by atoms with E-state index < -0.39 is 0 Å². The molecule has 188 valence electrons. The van der Waals surface area contributed by atoms with E-state index in [0.717, 1.165) is 66.6 Å². The Kier molecular flexibility index (Phi) is 5.07. The fraction of sp³-hybridized carbons (Fsp3) is 0. The number of para-hydroxylation sites is 4. The van der Waals surface area contributed by atoms with E-state index in [2.05, 4.69) is 64.6 Å². The van der Waals surface area contributed by atoms with E-state index >= 15 is 0 Å².